The van der Waals surface area contributed by atoms with E-state index in [9.17, 15) is 8.42 Å². The van der Waals surface area contributed by atoms with E-state index in [1.165, 1.54) is 5.56 Å². The molecule has 0 fully saturated rings. The molecule has 1 heterocycles. The molecular weight excluding hydrogens is 334 g/mol. The Morgan fingerprint density at radius 2 is 1.68 bits per heavy atom. The molecule has 5 heteroatoms. The van der Waals surface area contributed by atoms with Crippen LogP contribution in [0.15, 0.2) is 53.5 Å². The van der Waals surface area contributed by atoms with Crippen LogP contribution in [-0.4, -0.2) is 25.9 Å². The second kappa shape index (κ2) is 6.73. The van der Waals surface area contributed by atoms with Crippen molar-refractivity contribution in [2.75, 3.05) is 6.26 Å². The fourth-order valence-corrected chi connectivity index (χ4v) is 3.39. The maximum absolute atomic E-state index is 11.1. The topological polar surface area (TPSA) is 55.7 Å². The monoisotopic (exact) mass is 357 g/mol. The molecule has 4 nitrogen and oxygen atoms in total. The molecule has 1 aliphatic heterocycles. The Bertz CT molecular complexity index is 897. The molecule has 3 rings (SSSR count). The molecule has 132 valence electrons. The van der Waals surface area contributed by atoms with Gasteiger partial charge in [-0.05, 0) is 43.4 Å². The van der Waals surface area contributed by atoms with Crippen molar-refractivity contribution in [3.8, 4) is 11.1 Å². The molecular formula is C20H23NO3S. The first kappa shape index (κ1) is 17.8. The summed E-state index contributed by atoms with van der Waals surface area (Å²) in [6.07, 6.45) is 3.12. The fraction of sp³-hybridized carbons (Fsp3) is 0.350. The Balaban J connectivity index is 1.88. The minimum atomic E-state index is -3.43. The van der Waals surface area contributed by atoms with Crippen LogP contribution in [0, 0.1) is 0 Å². The Morgan fingerprint density at radius 3 is 2.24 bits per heavy atom. The fourth-order valence-electron chi connectivity index (χ4n) is 3.04. The predicted octanol–water partition coefficient (Wildman–Crippen LogP) is 4.19. The summed E-state index contributed by atoms with van der Waals surface area (Å²) in [4.78, 5) is 4.88. The lowest BCUT2D eigenvalue weighted by Crippen LogP contribution is -2.10. The third-order valence-electron chi connectivity index (χ3n) is 4.35. The van der Waals surface area contributed by atoms with Gasteiger partial charge in [0, 0.05) is 11.3 Å². The van der Waals surface area contributed by atoms with E-state index >= 15 is 0 Å². The van der Waals surface area contributed by atoms with Crippen molar-refractivity contribution in [3.05, 3.63) is 59.7 Å². The summed E-state index contributed by atoms with van der Waals surface area (Å²) in [5.74, 6) is 0. The summed E-state index contributed by atoms with van der Waals surface area (Å²) in [5, 5.41) is 0. The first-order valence-electron chi connectivity index (χ1n) is 8.35. The van der Waals surface area contributed by atoms with Crippen molar-refractivity contribution >= 4 is 15.8 Å². The molecule has 0 saturated carbocycles. The summed E-state index contributed by atoms with van der Waals surface area (Å²) in [5.41, 5.74) is 5.40. The summed E-state index contributed by atoms with van der Waals surface area (Å²) < 4.78 is 27.0. The summed E-state index contributed by atoms with van der Waals surface area (Å²) in [6, 6.07) is 16.1. The van der Waals surface area contributed by atoms with Gasteiger partial charge in [0.2, 0.25) is 0 Å². The van der Waals surface area contributed by atoms with Crippen LogP contribution < -0.4 is 0 Å². The third kappa shape index (κ3) is 4.55. The van der Waals surface area contributed by atoms with Crippen LogP contribution in [0.4, 0.5) is 0 Å². The zero-order chi connectivity index (χ0) is 18.1. The van der Waals surface area contributed by atoms with Crippen LogP contribution >= 0.6 is 0 Å². The highest BCUT2D eigenvalue weighted by atomic mass is 32.2. The molecule has 25 heavy (non-hydrogen) atoms. The molecule has 0 aliphatic carbocycles. The van der Waals surface area contributed by atoms with Crippen molar-refractivity contribution in [3.63, 3.8) is 0 Å². The molecule has 2 aromatic carbocycles. The number of hydrogen-bond acceptors (Lipinski definition) is 4. The van der Waals surface area contributed by atoms with Crippen LogP contribution in [0.3, 0.4) is 0 Å². The van der Waals surface area contributed by atoms with E-state index in [1.807, 2.05) is 36.4 Å². The van der Waals surface area contributed by atoms with Gasteiger partial charge in [-0.3, -0.25) is 9.18 Å². The predicted molar refractivity (Wildman–Crippen MR) is 101 cm³/mol. The SMILES string of the molecule is CC1(C)CCC(c2ccccc2-c2ccc(COS(C)(=O)=O)cc2)=N1. The van der Waals surface area contributed by atoms with Crippen LogP contribution in [0.5, 0.6) is 0 Å². The maximum atomic E-state index is 11.1. The number of nitrogens with zero attached hydrogens (tertiary/aromatic N) is 1. The molecule has 0 amide bonds. The highest BCUT2D eigenvalue weighted by Gasteiger charge is 2.26. The van der Waals surface area contributed by atoms with Gasteiger partial charge in [-0.15, -0.1) is 0 Å². The summed E-state index contributed by atoms with van der Waals surface area (Å²) in [6.45, 7) is 4.39. The molecule has 0 unspecified atom stereocenters. The normalized spacial score (nSPS) is 16.7. The van der Waals surface area contributed by atoms with Crippen molar-refractivity contribution in [1.29, 1.82) is 0 Å². The van der Waals surface area contributed by atoms with Crippen molar-refractivity contribution in [2.45, 2.75) is 38.8 Å². The average Bonchev–Trinajstić information content (AvgIpc) is 2.93. The van der Waals surface area contributed by atoms with Gasteiger partial charge >= 0.3 is 0 Å². The zero-order valence-corrected chi connectivity index (χ0v) is 15.6. The number of aliphatic imine (C=N–C) groups is 1. The Labute approximate surface area is 149 Å². The van der Waals surface area contributed by atoms with E-state index in [4.69, 9.17) is 9.18 Å². The van der Waals surface area contributed by atoms with Gasteiger partial charge in [-0.1, -0.05) is 48.5 Å². The van der Waals surface area contributed by atoms with E-state index in [-0.39, 0.29) is 12.1 Å². The van der Waals surface area contributed by atoms with Gasteiger partial charge in [0.1, 0.15) is 0 Å². The van der Waals surface area contributed by atoms with E-state index < -0.39 is 10.1 Å². The molecule has 0 aromatic heterocycles. The van der Waals surface area contributed by atoms with E-state index in [2.05, 4.69) is 26.0 Å². The number of benzene rings is 2. The lowest BCUT2D eigenvalue weighted by molar-refractivity contribution is 0.312. The third-order valence-corrected chi connectivity index (χ3v) is 4.90. The summed E-state index contributed by atoms with van der Waals surface area (Å²) in [7, 11) is -3.43. The zero-order valence-electron chi connectivity index (χ0n) is 14.8. The Morgan fingerprint density at radius 1 is 1.04 bits per heavy atom. The van der Waals surface area contributed by atoms with Crippen molar-refractivity contribution in [2.24, 2.45) is 4.99 Å². The van der Waals surface area contributed by atoms with E-state index in [0.717, 1.165) is 41.5 Å². The standard InChI is InChI=1S/C20H23NO3S/c1-20(2)13-12-19(21-20)18-7-5-4-6-17(18)16-10-8-15(9-11-16)14-24-25(3,22)23/h4-11H,12-14H2,1-3H3. The van der Waals surface area contributed by atoms with Gasteiger partial charge in [-0.2, -0.15) is 8.42 Å². The first-order chi connectivity index (χ1) is 11.7. The molecule has 0 N–H and O–H groups in total. The first-order valence-corrected chi connectivity index (χ1v) is 10.2. The van der Waals surface area contributed by atoms with Gasteiger partial charge < -0.3 is 0 Å². The molecule has 0 radical (unpaired) electrons. The van der Waals surface area contributed by atoms with Gasteiger partial charge in [0.25, 0.3) is 10.1 Å². The summed E-state index contributed by atoms with van der Waals surface area (Å²) >= 11 is 0. The molecule has 0 bridgehead atoms. The lowest BCUT2D eigenvalue weighted by Gasteiger charge is -2.12. The molecule has 0 saturated heterocycles. The Hall–Kier alpha value is -1.98. The second-order valence-electron chi connectivity index (χ2n) is 7.08. The van der Waals surface area contributed by atoms with Gasteiger partial charge in [-0.25, -0.2) is 0 Å². The second-order valence-corrected chi connectivity index (χ2v) is 8.72. The molecule has 2 aromatic rings. The number of hydrogen-bond donors (Lipinski definition) is 0. The smallest absolute Gasteiger partial charge is 0.264 e. The van der Waals surface area contributed by atoms with E-state index in [0.29, 0.717) is 0 Å². The maximum Gasteiger partial charge on any atom is 0.264 e. The highest BCUT2D eigenvalue weighted by molar-refractivity contribution is 7.85. The van der Waals surface area contributed by atoms with E-state index in [1.54, 1.807) is 0 Å². The van der Waals surface area contributed by atoms with Crippen LogP contribution in [0.2, 0.25) is 0 Å². The minimum Gasteiger partial charge on any atom is -0.283 e. The van der Waals surface area contributed by atoms with Crippen LogP contribution in [-0.2, 0) is 20.9 Å². The molecule has 0 atom stereocenters. The molecule has 1 aliphatic rings. The minimum absolute atomic E-state index is 0.00921. The Kier molecular flexibility index (Phi) is 4.80. The van der Waals surface area contributed by atoms with Gasteiger partial charge in [0.15, 0.2) is 0 Å². The lowest BCUT2D eigenvalue weighted by atomic mass is 9.94. The van der Waals surface area contributed by atoms with Gasteiger partial charge in [0.05, 0.1) is 18.4 Å². The quantitative estimate of drug-likeness (QED) is 0.754. The highest BCUT2D eigenvalue weighted by Crippen LogP contribution is 2.32. The average molecular weight is 357 g/mol. The molecule has 0 spiro atoms. The van der Waals surface area contributed by atoms with Crippen molar-refractivity contribution < 1.29 is 12.6 Å². The van der Waals surface area contributed by atoms with Crippen molar-refractivity contribution in [1.82, 2.24) is 0 Å². The number of rotatable bonds is 5. The van der Waals surface area contributed by atoms with Crippen LogP contribution in [0.1, 0.15) is 37.8 Å². The van der Waals surface area contributed by atoms with Crippen LogP contribution in [0.25, 0.3) is 11.1 Å². The largest absolute Gasteiger partial charge is 0.283 e.